The molecule has 1 saturated carbocycles. The number of amides is 1. The lowest BCUT2D eigenvalue weighted by Crippen LogP contribution is -2.37. The van der Waals surface area contributed by atoms with Crippen molar-refractivity contribution in [1.82, 2.24) is 5.32 Å². The number of carbonyl (C=O) groups is 1. The predicted octanol–water partition coefficient (Wildman–Crippen LogP) is 3.79. The van der Waals surface area contributed by atoms with Crippen molar-refractivity contribution >= 4 is 28.8 Å². The van der Waals surface area contributed by atoms with Gasteiger partial charge in [-0.3, -0.25) is 4.79 Å². The van der Waals surface area contributed by atoms with Crippen LogP contribution < -0.4 is 5.32 Å². The summed E-state index contributed by atoms with van der Waals surface area (Å²) >= 11 is 7.78. The van der Waals surface area contributed by atoms with Gasteiger partial charge < -0.3 is 5.32 Å². The molecule has 0 saturated heterocycles. The highest BCUT2D eigenvalue weighted by Crippen LogP contribution is 2.28. The lowest BCUT2D eigenvalue weighted by atomic mass is 9.95. The number of rotatable bonds is 3. The van der Waals surface area contributed by atoms with Gasteiger partial charge in [-0.1, -0.05) is 19.3 Å². The van der Waals surface area contributed by atoms with Crippen molar-refractivity contribution in [3.05, 3.63) is 21.9 Å². The first-order chi connectivity index (χ1) is 8.16. The van der Waals surface area contributed by atoms with Crippen molar-refractivity contribution in [3.63, 3.8) is 0 Å². The van der Waals surface area contributed by atoms with Crippen molar-refractivity contribution in [2.24, 2.45) is 0 Å². The van der Waals surface area contributed by atoms with Gasteiger partial charge in [-0.05, 0) is 31.9 Å². The largest absolute Gasteiger partial charge is 0.352 e. The molecule has 1 aromatic heterocycles. The van der Waals surface area contributed by atoms with Gasteiger partial charge in [0.2, 0.25) is 5.91 Å². The summed E-state index contributed by atoms with van der Waals surface area (Å²) in [7, 11) is 0. The number of carbonyl (C=O) groups excluding carboxylic acids is 1. The van der Waals surface area contributed by atoms with Crippen LogP contribution in [0, 0.1) is 6.92 Å². The zero-order valence-corrected chi connectivity index (χ0v) is 11.6. The Morgan fingerprint density at radius 1 is 1.41 bits per heavy atom. The third-order valence-electron chi connectivity index (χ3n) is 3.19. The predicted molar refractivity (Wildman–Crippen MR) is 72.7 cm³/mol. The van der Waals surface area contributed by atoms with E-state index in [4.69, 9.17) is 11.6 Å². The second-order valence-electron chi connectivity index (χ2n) is 4.65. The molecule has 4 heteroatoms. The van der Waals surface area contributed by atoms with Gasteiger partial charge in [-0.25, -0.2) is 0 Å². The molecule has 0 aromatic carbocycles. The summed E-state index contributed by atoms with van der Waals surface area (Å²) in [5.74, 6) is -0.0413. The lowest BCUT2D eigenvalue weighted by Gasteiger charge is -2.23. The molecule has 1 atom stereocenters. The van der Waals surface area contributed by atoms with Gasteiger partial charge in [-0.2, -0.15) is 0 Å². The summed E-state index contributed by atoms with van der Waals surface area (Å²) in [4.78, 5) is 14.1. The topological polar surface area (TPSA) is 29.1 Å². The van der Waals surface area contributed by atoms with Gasteiger partial charge in [0.05, 0.1) is 0 Å². The number of hydrogen-bond donors (Lipinski definition) is 1. The number of halogens is 1. The molecule has 2 rings (SSSR count). The molecule has 0 radical (unpaired) electrons. The number of thiophene rings is 1. The monoisotopic (exact) mass is 271 g/mol. The van der Waals surface area contributed by atoms with E-state index in [1.165, 1.54) is 24.1 Å². The van der Waals surface area contributed by atoms with Gasteiger partial charge in [0.1, 0.15) is 5.38 Å². The van der Waals surface area contributed by atoms with Crippen molar-refractivity contribution < 1.29 is 4.79 Å². The van der Waals surface area contributed by atoms with Crippen molar-refractivity contribution in [2.75, 3.05) is 0 Å². The highest BCUT2D eigenvalue weighted by molar-refractivity contribution is 7.12. The molecule has 1 unspecified atom stereocenters. The van der Waals surface area contributed by atoms with Gasteiger partial charge in [-0.15, -0.1) is 22.9 Å². The third kappa shape index (κ3) is 3.46. The van der Waals surface area contributed by atoms with E-state index in [9.17, 15) is 4.79 Å². The van der Waals surface area contributed by atoms with Crippen LogP contribution >= 0.6 is 22.9 Å². The molecule has 1 N–H and O–H groups in total. The highest BCUT2D eigenvalue weighted by Gasteiger charge is 2.23. The fourth-order valence-corrected chi connectivity index (χ4v) is 3.36. The molecule has 1 aliphatic carbocycles. The Morgan fingerprint density at radius 3 is 2.71 bits per heavy atom. The van der Waals surface area contributed by atoms with Crippen molar-refractivity contribution in [2.45, 2.75) is 50.4 Å². The second-order valence-corrected chi connectivity index (χ2v) is 6.41. The summed E-state index contributed by atoms with van der Waals surface area (Å²) < 4.78 is 0. The third-order valence-corrected chi connectivity index (χ3v) is 4.82. The van der Waals surface area contributed by atoms with E-state index in [0.29, 0.717) is 6.04 Å². The Balaban J connectivity index is 1.90. The maximum Gasteiger partial charge on any atom is 0.243 e. The molecular weight excluding hydrogens is 254 g/mol. The molecule has 1 heterocycles. The van der Waals surface area contributed by atoms with Crippen LogP contribution in [0.4, 0.5) is 0 Å². The molecule has 1 aliphatic rings. The van der Waals surface area contributed by atoms with Crippen LogP contribution in [0.15, 0.2) is 12.1 Å². The maximum atomic E-state index is 12.0. The van der Waals surface area contributed by atoms with Crippen LogP contribution in [0.2, 0.25) is 0 Å². The SMILES string of the molecule is Cc1ccc(C(Cl)C(=O)NC2CCCCC2)s1. The van der Waals surface area contributed by atoms with Crippen LogP contribution in [-0.4, -0.2) is 11.9 Å². The smallest absolute Gasteiger partial charge is 0.243 e. The van der Waals surface area contributed by atoms with E-state index in [-0.39, 0.29) is 5.91 Å². The fourth-order valence-electron chi connectivity index (χ4n) is 2.24. The number of hydrogen-bond acceptors (Lipinski definition) is 2. The average molecular weight is 272 g/mol. The number of aryl methyl sites for hydroxylation is 1. The molecule has 0 spiro atoms. The van der Waals surface area contributed by atoms with Crippen molar-refractivity contribution in [1.29, 1.82) is 0 Å². The first-order valence-corrected chi connectivity index (χ1v) is 7.43. The average Bonchev–Trinajstić information content (AvgIpc) is 2.76. The van der Waals surface area contributed by atoms with Crippen molar-refractivity contribution in [3.8, 4) is 0 Å². The van der Waals surface area contributed by atoms with E-state index in [1.807, 2.05) is 19.1 Å². The summed E-state index contributed by atoms with van der Waals surface area (Å²) in [6.07, 6.45) is 5.92. The highest BCUT2D eigenvalue weighted by atomic mass is 35.5. The molecule has 17 heavy (non-hydrogen) atoms. The fraction of sp³-hybridized carbons (Fsp3) is 0.615. The normalized spacial score (nSPS) is 18.9. The van der Waals surface area contributed by atoms with E-state index in [0.717, 1.165) is 17.7 Å². The standard InChI is InChI=1S/C13H18ClNOS/c1-9-7-8-11(17-9)12(14)13(16)15-10-5-3-2-4-6-10/h7-8,10,12H,2-6H2,1H3,(H,15,16). The minimum absolute atomic E-state index is 0.0413. The first kappa shape index (κ1) is 12.9. The molecule has 2 nitrogen and oxygen atoms in total. The second kappa shape index (κ2) is 5.87. The molecule has 1 aromatic rings. The van der Waals surface area contributed by atoms with Gasteiger partial charge in [0, 0.05) is 15.8 Å². The molecule has 0 aliphatic heterocycles. The lowest BCUT2D eigenvalue weighted by molar-refractivity contribution is -0.121. The Morgan fingerprint density at radius 2 is 2.12 bits per heavy atom. The number of nitrogens with one attached hydrogen (secondary N) is 1. The maximum absolute atomic E-state index is 12.0. The van der Waals surface area contributed by atoms with E-state index >= 15 is 0 Å². The van der Waals surface area contributed by atoms with Gasteiger partial charge in [0.25, 0.3) is 0 Å². The number of alkyl halides is 1. The summed E-state index contributed by atoms with van der Waals surface area (Å²) in [5, 5.41) is 2.53. The van der Waals surface area contributed by atoms with E-state index < -0.39 is 5.38 Å². The van der Waals surface area contributed by atoms with E-state index in [1.54, 1.807) is 11.3 Å². The Kier molecular flexibility index (Phi) is 4.46. The molecule has 0 bridgehead atoms. The molecule has 1 amide bonds. The van der Waals surface area contributed by atoms with E-state index in [2.05, 4.69) is 5.32 Å². The summed E-state index contributed by atoms with van der Waals surface area (Å²) in [5.41, 5.74) is 0. The minimum atomic E-state index is -0.532. The first-order valence-electron chi connectivity index (χ1n) is 6.17. The Hall–Kier alpha value is -0.540. The van der Waals surface area contributed by atoms with Gasteiger partial charge in [0.15, 0.2) is 0 Å². The van der Waals surface area contributed by atoms with Crippen LogP contribution in [0.5, 0.6) is 0 Å². The van der Waals surface area contributed by atoms with Crippen LogP contribution in [-0.2, 0) is 4.79 Å². The van der Waals surface area contributed by atoms with Crippen LogP contribution in [0.3, 0.4) is 0 Å². The Bertz CT molecular complexity index is 385. The van der Waals surface area contributed by atoms with Crippen LogP contribution in [0.25, 0.3) is 0 Å². The zero-order chi connectivity index (χ0) is 12.3. The quantitative estimate of drug-likeness (QED) is 0.833. The minimum Gasteiger partial charge on any atom is -0.352 e. The zero-order valence-electron chi connectivity index (χ0n) is 10.0. The molecule has 94 valence electrons. The Labute approximate surface area is 111 Å². The molecule has 1 fully saturated rings. The summed E-state index contributed by atoms with van der Waals surface area (Å²) in [6.45, 7) is 2.02. The molecular formula is C13H18ClNOS. The van der Waals surface area contributed by atoms with Crippen LogP contribution in [0.1, 0.15) is 47.2 Å². The summed E-state index contributed by atoms with van der Waals surface area (Å²) in [6, 6.07) is 4.28. The van der Waals surface area contributed by atoms with Gasteiger partial charge >= 0.3 is 0 Å².